The highest BCUT2D eigenvalue weighted by Gasteiger charge is 2.18. The van der Waals surface area contributed by atoms with Gasteiger partial charge in [0.15, 0.2) is 6.61 Å². The molecule has 10 heteroatoms. The molecule has 1 amide bonds. The molecule has 0 unspecified atom stereocenters. The number of rotatable bonds is 7. The van der Waals surface area contributed by atoms with E-state index in [4.69, 9.17) is 27.9 Å². The van der Waals surface area contributed by atoms with Gasteiger partial charge in [0, 0.05) is 5.69 Å². The first kappa shape index (κ1) is 22.2. The lowest BCUT2D eigenvalue weighted by Gasteiger charge is -2.09. The maximum absolute atomic E-state index is 12.1. The Balaban J connectivity index is 1.83. The van der Waals surface area contributed by atoms with Gasteiger partial charge in [-0.2, -0.15) is 4.72 Å². The number of ether oxygens (including phenoxy) is 1. The lowest BCUT2D eigenvalue weighted by Crippen LogP contribution is -2.32. The van der Waals surface area contributed by atoms with Gasteiger partial charge in [0.1, 0.15) is 6.54 Å². The second-order valence-corrected chi connectivity index (χ2v) is 8.49. The molecule has 0 aliphatic carbocycles. The molecular formula is C18H18Cl2N2O5S. The number of anilines is 1. The Morgan fingerprint density at radius 3 is 2.36 bits per heavy atom. The van der Waals surface area contributed by atoms with Crippen LogP contribution in [-0.2, 0) is 24.3 Å². The molecule has 0 heterocycles. The molecule has 0 aromatic heterocycles. The zero-order valence-corrected chi connectivity index (χ0v) is 17.4. The quantitative estimate of drug-likeness (QED) is 0.638. The first-order chi connectivity index (χ1) is 13.1. The fraction of sp³-hybridized carbons (Fsp3) is 0.222. The van der Waals surface area contributed by atoms with Crippen molar-refractivity contribution >= 4 is 50.8 Å². The van der Waals surface area contributed by atoms with Crippen molar-refractivity contribution in [2.45, 2.75) is 18.7 Å². The summed E-state index contributed by atoms with van der Waals surface area (Å²) in [6.45, 7) is 2.67. The molecular weight excluding hydrogens is 427 g/mol. The van der Waals surface area contributed by atoms with Crippen LogP contribution in [0.15, 0.2) is 41.3 Å². The van der Waals surface area contributed by atoms with Crippen LogP contribution in [0.5, 0.6) is 0 Å². The van der Waals surface area contributed by atoms with Crippen LogP contribution in [0.2, 0.25) is 10.0 Å². The fourth-order valence-electron chi connectivity index (χ4n) is 2.09. The van der Waals surface area contributed by atoms with Gasteiger partial charge >= 0.3 is 5.97 Å². The smallest absolute Gasteiger partial charge is 0.321 e. The number of carbonyl (C=O) groups is 2. The molecule has 0 aliphatic rings. The van der Waals surface area contributed by atoms with E-state index in [0.29, 0.717) is 5.69 Å². The molecule has 0 aliphatic heterocycles. The van der Waals surface area contributed by atoms with Crippen molar-refractivity contribution in [3.05, 3.63) is 57.6 Å². The predicted molar refractivity (Wildman–Crippen MR) is 107 cm³/mol. The lowest BCUT2D eigenvalue weighted by atomic mass is 10.1. The largest absolute Gasteiger partial charge is 0.455 e. The molecule has 2 rings (SSSR count). The second-order valence-electron chi connectivity index (χ2n) is 5.91. The molecule has 0 fully saturated rings. The van der Waals surface area contributed by atoms with Gasteiger partial charge in [-0.25, -0.2) is 8.42 Å². The van der Waals surface area contributed by atoms with Crippen LogP contribution < -0.4 is 10.0 Å². The van der Waals surface area contributed by atoms with E-state index >= 15 is 0 Å². The highest BCUT2D eigenvalue weighted by molar-refractivity contribution is 7.89. The molecule has 28 heavy (non-hydrogen) atoms. The summed E-state index contributed by atoms with van der Waals surface area (Å²) >= 11 is 11.5. The molecule has 7 nitrogen and oxygen atoms in total. The predicted octanol–water partition coefficient (Wildman–Crippen LogP) is 3.07. The van der Waals surface area contributed by atoms with Gasteiger partial charge in [0.2, 0.25) is 10.0 Å². The number of hydrogen-bond donors (Lipinski definition) is 2. The second kappa shape index (κ2) is 9.38. The van der Waals surface area contributed by atoms with Gasteiger partial charge < -0.3 is 10.1 Å². The minimum Gasteiger partial charge on any atom is -0.455 e. The van der Waals surface area contributed by atoms with E-state index in [9.17, 15) is 18.0 Å². The average molecular weight is 445 g/mol. The molecule has 2 aromatic rings. The highest BCUT2D eigenvalue weighted by Crippen LogP contribution is 2.24. The number of esters is 1. The van der Waals surface area contributed by atoms with Crippen LogP contribution in [0, 0.1) is 13.8 Å². The standard InChI is InChI=1S/C18H18Cl2N2O5S/c1-11-3-4-13(7-12(11)2)22-17(23)10-27-18(24)9-21-28(25,26)14-5-6-15(19)16(20)8-14/h3-8,21H,9-10H2,1-2H3,(H,22,23). The zero-order chi connectivity index (χ0) is 20.9. The van der Waals surface area contributed by atoms with E-state index in [2.05, 4.69) is 10.0 Å². The van der Waals surface area contributed by atoms with Crippen LogP contribution >= 0.6 is 23.2 Å². The minimum absolute atomic E-state index is 0.0649. The number of aryl methyl sites for hydroxylation is 2. The van der Waals surface area contributed by atoms with Crippen LogP contribution in [-0.4, -0.2) is 33.4 Å². The molecule has 0 spiro atoms. The summed E-state index contributed by atoms with van der Waals surface area (Å²) in [5.74, 6) is -1.44. The Kier molecular flexibility index (Phi) is 7.42. The SMILES string of the molecule is Cc1ccc(NC(=O)COC(=O)CNS(=O)(=O)c2ccc(Cl)c(Cl)c2)cc1C. The number of carbonyl (C=O) groups excluding carboxylic acids is 2. The topological polar surface area (TPSA) is 102 Å². The van der Waals surface area contributed by atoms with Crippen molar-refractivity contribution in [2.75, 3.05) is 18.5 Å². The van der Waals surface area contributed by atoms with Crippen LogP contribution in [0.4, 0.5) is 5.69 Å². The number of benzene rings is 2. The number of hydrogen-bond acceptors (Lipinski definition) is 5. The maximum Gasteiger partial charge on any atom is 0.321 e. The van der Waals surface area contributed by atoms with Gasteiger partial charge in [0.25, 0.3) is 5.91 Å². The monoisotopic (exact) mass is 444 g/mol. The van der Waals surface area contributed by atoms with Gasteiger partial charge in [-0.1, -0.05) is 29.3 Å². The summed E-state index contributed by atoms with van der Waals surface area (Å²) in [5, 5.41) is 2.86. The van der Waals surface area contributed by atoms with Crippen LogP contribution in [0.25, 0.3) is 0 Å². The third kappa shape index (κ3) is 6.20. The van der Waals surface area contributed by atoms with E-state index in [1.165, 1.54) is 12.1 Å². The molecule has 150 valence electrons. The summed E-state index contributed by atoms with van der Waals surface area (Å²) in [6, 6.07) is 9.12. The highest BCUT2D eigenvalue weighted by atomic mass is 35.5. The average Bonchev–Trinajstić information content (AvgIpc) is 2.63. The summed E-state index contributed by atoms with van der Waals surface area (Å²) < 4.78 is 31.1. The fourth-order valence-corrected chi connectivity index (χ4v) is 3.45. The van der Waals surface area contributed by atoms with Gasteiger partial charge in [-0.3, -0.25) is 9.59 Å². The van der Waals surface area contributed by atoms with Crippen LogP contribution in [0.1, 0.15) is 11.1 Å². The number of sulfonamides is 1. The third-order valence-electron chi connectivity index (χ3n) is 3.76. The van der Waals surface area contributed by atoms with Gasteiger partial charge in [-0.15, -0.1) is 0 Å². The van der Waals surface area contributed by atoms with Crippen molar-refractivity contribution < 1.29 is 22.7 Å². The van der Waals surface area contributed by atoms with E-state index in [1.807, 2.05) is 19.9 Å². The Labute approximate surface area is 173 Å². The Hall–Kier alpha value is -2.13. The summed E-state index contributed by atoms with van der Waals surface area (Å²) in [7, 11) is -3.99. The van der Waals surface area contributed by atoms with E-state index < -0.39 is 35.1 Å². The molecule has 0 saturated heterocycles. The van der Waals surface area contributed by atoms with E-state index in [1.54, 1.807) is 12.1 Å². The maximum atomic E-state index is 12.1. The molecule has 0 atom stereocenters. The van der Waals surface area contributed by atoms with Gasteiger partial charge in [-0.05, 0) is 55.3 Å². The first-order valence-corrected chi connectivity index (χ1v) is 10.3. The normalized spacial score (nSPS) is 11.1. The number of amides is 1. The van der Waals surface area contributed by atoms with Crippen molar-refractivity contribution in [3.63, 3.8) is 0 Å². The Morgan fingerprint density at radius 2 is 1.71 bits per heavy atom. The van der Waals surface area contributed by atoms with Gasteiger partial charge in [0.05, 0.1) is 14.9 Å². The lowest BCUT2D eigenvalue weighted by molar-refractivity contribution is -0.146. The molecule has 0 saturated carbocycles. The minimum atomic E-state index is -3.99. The van der Waals surface area contributed by atoms with Crippen molar-refractivity contribution in [1.82, 2.24) is 4.72 Å². The first-order valence-electron chi connectivity index (χ1n) is 8.06. The number of nitrogens with one attached hydrogen (secondary N) is 2. The molecule has 2 aromatic carbocycles. The van der Waals surface area contributed by atoms with E-state index in [-0.39, 0.29) is 14.9 Å². The molecule has 2 N–H and O–H groups in total. The molecule has 0 bridgehead atoms. The zero-order valence-electron chi connectivity index (χ0n) is 15.1. The third-order valence-corrected chi connectivity index (χ3v) is 5.90. The molecule has 0 radical (unpaired) electrons. The summed E-state index contributed by atoms with van der Waals surface area (Å²) in [5.41, 5.74) is 2.66. The van der Waals surface area contributed by atoms with Crippen LogP contribution in [0.3, 0.4) is 0 Å². The van der Waals surface area contributed by atoms with Crippen molar-refractivity contribution in [2.24, 2.45) is 0 Å². The summed E-state index contributed by atoms with van der Waals surface area (Å²) in [6.07, 6.45) is 0. The van der Waals surface area contributed by atoms with E-state index in [0.717, 1.165) is 17.2 Å². The Bertz CT molecular complexity index is 1010. The van der Waals surface area contributed by atoms with Crippen molar-refractivity contribution in [3.8, 4) is 0 Å². The summed E-state index contributed by atoms with van der Waals surface area (Å²) in [4.78, 5) is 23.4. The van der Waals surface area contributed by atoms with Crippen molar-refractivity contribution in [1.29, 1.82) is 0 Å². The Morgan fingerprint density at radius 1 is 1.00 bits per heavy atom. The number of halogens is 2.